The third-order valence-electron chi connectivity index (χ3n) is 2.96. The molecule has 6 heteroatoms. The maximum Gasteiger partial charge on any atom is 0.205 e. The summed E-state index contributed by atoms with van der Waals surface area (Å²) in [7, 11) is 0. The SMILES string of the molecule is Fc1ccc(Cc2nnc(NCCc3cccs3)s2)cc1. The normalized spacial score (nSPS) is 10.7. The van der Waals surface area contributed by atoms with Gasteiger partial charge in [-0.3, -0.25) is 0 Å². The van der Waals surface area contributed by atoms with Crippen LogP contribution in [0.3, 0.4) is 0 Å². The summed E-state index contributed by atoms with van der Waals surface area (Å²) < 4.78 is 12.9. The van der Waals surface area contributed by atoms with E-state index in [-0.39, 0.29) is 5.82 Å². The van der Waals surface area contributed by atoms with Gasteiger partial charge in [0.1, 0.15) is 10.8 Å². The molecule has 1 aromatic carbocycles. The highest BCUT2D eigenvalue weighted by Crippen LogP contribution is 2.19. The molecular weight excluding hydrogens is 305 g/mol. The Kier molecular flexibility index (Phi) is 4.57. The van der Waals surface area contributed by atoms with Gasteiger partial charge in [-0.2, -0.15) is 0 Å². The Hall–Kier alpha value is -1.79. The van der Waals surface area contributed by atoms with Gasteiger partial charge >= 0.3 is 0 Å². The first-order valence-corrected chi connectivity index (χ1v) is 8.32. The first-order valence-electron chi connectivity index (χ1n) is 6.63. The molecule has 0 radical (unpaired) electrons. The molecule has 1 N–H and O–H groups in total. The van der Waals surface area contributed by atoms with Crippen molar-refractivity contribution in [2.75, 3.05) is 11.9 Å². The topological polar surface area (TPSA) is 37.8 Å². The molecule has 0 aliphatic rings. The van der Waals surface area contributed by atoms with Crippen LogP contribution in [0.5, 0.6) is 0 Å². The lowest BCUT2D eigenvalue weighted by atomic mass is 10.2. The number of halogens is 1. The molecule has 3 rings (SSSR count). The fourth-order valence-electron chi connectivity index (χ4n) is 1.92. The van der Waals surface area contributed by atoms with E-state index in [0.717, 1.165) is 28.7 Å². The molecule has 0 atom stereocenters. The van der Waals surface area contributed by atoms with Crippen molar-refractivity contribution in [2.45, 2.75) is 12.8 Å². The summed E-state index contributed by atoms with van der Waals surface area (Å²) in [6, 6.07) is 10.7. The summed E-state index contributed by atoms with van der Waals surface area (Å²) in [6.45, 7) is 0.853. The van der Waals surface area contributed by atoms with Crippen LogP contribution in [-0.4, -0.2) is 16.7 Å². The van der Waals surface area contributed by atoms with Gasteiger partial charge in [-0.05, 0) is 35.6 Å². The smallest absolute Gasteiger partial charge is 0.205 e. The first-order chi connectivity index (χ1) is 10.3. The van der Waals surface area contributed by atoms with Crippen molar-refractivity contribution in [2.24, 2.45) is 0 Å². The van der Waals surface area contributed by atoms with Gasteiger partial charge in [0, 0.05) is 17.8 Å². The van der Waals surface area contributed by atoms with Gasteiger partial charge in [0.05, 0.1) is 0 Å². The standard InChI is InChI=1S/C15H14FN3S2/c16-12-5-3-11(4-6-12)10-14-18-19-15(21-14)17-8-7-13-2-1-9-20-13/h1-6,9H,7-8,10H2,(H,17,19). The summed E-state index contributed by atoms with van der Waals surface area (Å²) in [5, 5.41) is 15.4. The maximum absolute atomic E-state index is 12.9. The van der Waals surface area contributed by atoms with Crippen molar-refractivity contribution in [3.63, 3.8) is 0 Å². The summed E-state index contributed by atoms with van der Waals surface area (Å²) in [5.41, 5.74) is 1.04. The highest BCUT2D eigenvalue weighted by Gasteiger charge is 2.05. The number of nitrogens with zero attached hydrogens (tertiary/aromatic N) is 2. The lowest BCUT2D eigenvalue weighted by Crippen LogP contribution is -2.03. The molecule has 0 saturated carbocycles. The van der Waals surface area contributed by atoms with Gasteiger partial charge in [0.25, 0.3) is 0 Å². The Labute approximate surface area is 130 Å². The van der Waals surface area contributed by atoms with E-state index in [2.05, 4.69) is 33.0 Å². The second-order valence-corrected chi connectivity index (χ2v) is 6.65. The summed E-state index contributed by atoms with van der Waals surface area (Å²) >= 11 is 3.31. The summed E-state index contributed by atoms with van der Waals surface area (Å²) in [6.07, 6.45) is 1.68. The van der Waals surface area contributed by atoms with Crippen LogP contribution in [-0.2, 0) is 12.8 Å². The molecule has 0 aliphatic carbocycles. The Bertz CT molecular complexity index is 677. The Balaban J connectivity index is 1.52. The van der Waals surface area contributed by atoms with Crippen LogP contribution in [0.15, 0.2) is 41.8 Å². The zero-order valence-electron chi connectivity index (χ0n) is 11.3. The van der Waals surface area contributed by atoms with Gasteiger partial charge < -0.3 is 5.32 Å². The highest BCUT2D eigenvalue weighted by atomic mass is 32.1. The molecule has 0 saturated heterocycles. The maximum atomic E-state index is 12.9. The zero-order chi connectivity index (χ0) is 14.5. The van der Waals surface area contributed by atoms with Crippen LogP contribution in [0.1, 0.15) is 15.4 Å². The Morgan fingerprint density at radius 3 is 2.71 bits per heavy atom. The zero-order valence-corrected chi connectivity index (χ0v) is 12.9. The number of nitrogens with one attached hydrogen (secondary N) is 1. The quantitative estimate of drug-likeness (QED) is 0.746. The summed E-state index contributed by atoms with van der Waals surface area (Å²) in [5.74, 6) is -0.216. The molecule has 2 aromatic heterocycles. The third kappa shape index (κ3) is 4.09. The van der Waals surface area contributed by atoms with Crippen LogP contribution in [0.25, 0.3) is 0 Å². The van der Waals surface area contributed by atoms with E-state index in [1.54, 1.807) is 34.8 Å². The number of rotatable bonds is 6. The molecule has 0 bridgehead atoms. The van der Waals surface area contributed by atoms with E-state index in [9.17, 15) is 4.39 Å². The van der Waals surface area contributed by atoms with Crippen molar-refractivity contribution in [3.8, 4) is 0 Å². The van der Waals surface area contributed by atoms with Crippen molar-refractivity contribution in [3.05, 3.63) is 63.0 Å². The average Bonchev–Trinajstić information content (AvgIpc) is 3.14. The third-order valence-corrected chi connectivity index (χ3v) is 4.78. The number of anilines is 1. The van der Waals surface area contributed by atoms with E-state index in [1.165, 1.54) is 17.0 Å². The largest absolute Gasteiger partial charge is 0.360 e. The average molecular weight is 319 g/mol. The molecular formula is C15H14FN3S2. The van der Waals surface area contributed by atoms with Gasteiger partial charge in [0.15, 0.2) is 0 Å². The predicted octanol–water partition coefficient (Wildman–Crippen LogP) is 3.98. The molecule has 3 aromatic rings. The van der Waals surface area contributed by atoms with E-state index in [4.69, 9.17) is 0 Å². The molecule has 0 spiro atoms. The lowest BCUT2D eigenvalue weighted by molar-refractivity contribution is 0.627. The predicted molar refractivity (Wildman–Crippen MR) is 85.6 cm³/mol. The molecule has 0 fully saturated rings. The molecule has 21 heavy (non-hydrogen) atoms. The van der Waals surface area contributed by atoms with Crippen molar-refractivity contribution >= 4 is 27.8 Å². The molecule has 0 unspecified atom stereocenters. The number of hydrogen-bond donors (Lipinski definition) is 1. The van der Waals surface area contributed by atoms with Crippen LogP contribution >= 0.6 is 22.7 Å². The van der Waals surface area contributed by atoms with E-state index < -0.39 is 0 Å². The fourth-order valence-corrected chi connectivity index (χ4v) is 3.43. The monoisotopic (exact) mass is 319 g/mol. The number of thiophene rings is 1. The second-order valence-electron chi connectivity index (χ2n) is 4.56. The second kappa shape index (κ2) is 6.78. The van der Waals surface area contributed by atoms with Crippen LogP contribution in [0, 0.1) is 5.82 Å². The van der Waals surface area contributed by atoms with Gasteiger partial charge in [0.2, 0.25) is 5.13 Å². The minimum atomic E-state index is -0.216. The molecule has 3 nitrogen and oxygen atoms in total. The van der Waals surface area contributed by atoms with E-state index in [0.29, 0.717) is 6.42 Å². The van der Waals surface area contributed by atoms with E-state index >= 15 is 0 Å². The minimum absolute atomic E-state index is 0.216. The molecule has 108 valence electrons. The van der Waals surface area contributed by atoms with Gasteiger partial charge in [-0.1, -0.05) is 29.5 Å². The Morgan fingerprint density at radius 1 is 1.10 bits per heavy atom. The highest BCUT2D eigenvalue weighted by molar-refractivity contribution is 7.15. The van der Waals surface area contributed by atoms with Crippen LogP contribution < -0.4 is 5.32 Å². The minimum Gasteiger partial charge on any atom is -0.360 e. The lowest BCUT2D eigenvalue weighted by Gasteiger charge is -1.99. The van der Waals surface area contributed by atoms with Crippen LogP contribution in [0.4, 0.5) is 9.52 Å². The van der Waals surface area contributed by atoms with E-state index in [1.807, 2.05) is 0 Å². The fraction of sp³-hybridized carbons (Fsp3) is 0.200. The molecule has 2 heterocycles. The molecule has 0 aliphatic heterocycles. The van der Waals surface area contributed by atoms with Crippen molar-refractivity contribution in [1.82, 2.24) is 10.2 Å². The van der Waals surface area contributed by atoms with Crippen LogP contribution in [0.2, 0.25) is 0 Å². The number of aromatic nitrogens is 2. The molecule has 0 amide bonds. The summed E-state index contributed by atoms with van der Waals surface area (Å²) in [4.78, 5) is 1.36. The Morgan fingerprint density at radius 2 is 1.95 bits per heavy atom. The van der Waals surface area contributed by atoms with Crippen molar-refractivity contribution in [1.29, 1.82) is 0 Å². The number of hydrogen-bond acceptors (Lipinski definition) is 5. The van der Waals surface area contributed by atoms with Gasteiger partial charge in [-0.25, -0.2) is 4.39 Å². The van der Waals surface area contributed by atoms with Gasteiger partial charge in [-0.15, -0.1) is 21.5 Å². The number of benzene rings is 1. The first kappa shape index (κ1) is 14.2. The van der Waals surface area contributed by atoms with Crippen molar-refractivity contribution < 1.29 is 4.39 Å².